The van der Waals surface area contributed by atoms with Crippen LogP contribution in [0.1, 0.15) is 23.8 Å². The third kappa shape index (κ3) is 3.08. The second-order valence-corrected chi connectivity index (χ2v) is 6.13. The predicted molar refractivity (Wildman–Crippen MR) is 88.8 cm³/mol. The molecular formula is C19H18FN3O. The Labute approximate surface area is 139 Å². The van der Waals surface area contributed by atoms with E-state index in [2.05, 4.69) is 15.0 Å². The minimum Gasteiger partial charge on any atom is -0.339 e. The fraction of sp³-hybridized carbons (Fsp3) is 0.263. The highest BCUT2D eigenvalue weighted by molar-refractivity contribution is 5.53. The van der Waals surface area contributed by atoms with Gasteiger partial charge >= 0.3 is 0 Å². The number of hydrogen-bond acceptors (Lipinski definition) is 4. The van der Waals surface area contributed by atoms with Gasteiger partial charge in [0.05, 0.1) is 5.92 Å². The van der Waals surface area contributed by atoms with Crippen LogP contribution in [0.2, 0.25) is 0 Å². The second-order valence-electron chi connectivity index (χ2n) is 6.13. The van der Waals surface area contributed by atoms with Crippen molar-refractivity contribution < 1.29 is 8.91 Å². The molecule has 0 aliphatic carbocycles. The van der Waals surface area contributed by atoms with Gasteiger partial charge in [-0.3, -0.25) is 4.90 Å². The molecule has 0 radical (unpaired) electrons. The first-order valence-corrected chi connectivity index (χ1v) is 8.14. The number of likely N-dealkylation sites (tertiary alicyclic amines) is 1. The van der Waals surface area contributed by atoms with E-state index in [9.17, 15) is 4.39 Å². The largest absolute Gasteiger partial charge is 0.339 e. The molecular weight excluding hydrogens is 305 g/mol. The first-order chi connectivity index (χ1) is 11.8. The smallest absolute Gasteiger partial charge is 0.231 e. The van der Waals surface area contributed by atoms with Gasteiger partial charge in [-0.15, -0.1) is 0 Å². The van der Waals surface area contributed by atoms with Crippen molar-refractivity contribution in [2.24, 2.45) is 0 Å². The molecule has 2 heterocycles. The van der Waals surface area contributed by atoms with Gasteiger partial charge in [-0.25, -0.2) is 4.39 Å². The number of nitrogens with zero attached hydrogens (tertiary/aromatic N) is 3. The van der Waals surface area contributed by atoms with Crippen LogP contribution in [0.15, 0.2) is 59.1 Å². The van der Waals surface area contributed by atoms with Crippen molar-refractivity contribution in [3.8, 4) is 11.4 Å². The zero-order valence-electron chi connectivity index (χ0n) is 13.2. The Morgan fingerprint density at radius 1 is 1.08 bits per heavy atom. The topological polar surface area (TPSA) is 42.2 Å². The lowest BCUT2D eigenvalue weighted by molar-refractivity contribution is 0.305. The zero-order valence-corrected chi connectivity index (χ0v) is 13.2. The molecule has 4 rings (SSSR count). The highest BCUT2D eigenvalue weighted by Crippen LogP contribution is 2.28. The van der Waals surface area contributed by atoms with Gasteiger partial charge in [0.2, 0.25) is 11.7 Å². The van der Waals surface area contributed by atoms with Crippen molar-refractivity contribution in [2.75, 3.05) is 13.1 Å². The number of rotatable bonds is 4. The molecule has 3 aromatic rings. The Morgan fingerprint density at radius 2 is 1.88 bits per heavy atom. The standard InChI is InChI=1S/C19H18FN3O/c20-17-9-5-4-8-15(17)12-23-11-10-16(13-23)19-21-18(22-24-19)14-6-2-1-3-7-14/h1-9,16H,10-13H2/t16-/m0/s1. The van der Waals surface area contributed by atoms with Gasteiger partial charge in [-0.2, -0.15) is 4.98 Å². The summed E-state index contributed by atoms with van der Waals surface area (Å²) in [6.45, 7) is 2.33. The maximum atomic E-state index is 13.8. The van der Waals surface area contributed by atoms with Crippen LogP contribution >= 0.6 is 0 Å². The van der Waals surface area contributed by atoms with E-state index in [0.717, 1.165) is 30.6 Å². The lowest BCUT2D eigenvalue weighted by atomic mass is 10.1. The fourth-order valence-electron chi connectivity index (χ4n) is 3.15. The molecule has 0 amide bonds. The molecule has 0 saturated carbocycles. The minimum atomic E-state index is -0.148. The predicted octanol–water partition coefficient (Wildman–Crippen LogP) is 3.87. The molecule has 1 aliphatic rings. The molecule has 0 unspecified atom stereocenters. The SMILES string of the molecule is Fc1ccccc1CN1CC[C@H](c2nc(-c3ccccc3)no2)C1. The van der Waals surface area contributed by atoms with Gasteiger partial charge in [0, 0.05) is 24.2 Å². The Balaban J connectivity index is 1.44. The van der Waals surface area contributed by atoms with Gasteiger partial charge in [0.15, 0.2) is 0 Å². The highest BCUT2D eigenvalue weighted by atomic mass is 19.1. The molecule has 1 fully saturated rings. The van der Waals surface area contributed by atoms with E-state index >= 15 is 0 Å². The van der Waals surface area contributed by atoms with Crippen molar-refractivity contribution in [1.82, 2.24) is 15.0 Å². The van der Waals surface area contributed by atoms with Crippen LogP contribution in [0.3, 0.4) is 0 Å². The number of halogens is 1. The van der Waals surface area contributed by atoms with Crippen molar-refractivity contribution in [3.05, 3.63) is 71.9 Å². The van der Waals surface area contributed by atoms with E-state index in [-0.39, 0.29) is 11.7 Å². The molecule has 1 aromatic heterocycles. The third-order valence-corrected chi connectivity index (χ3v) is 4.45. The molecule has 5 heteroatoms. The Hall–Kier alpha value is -2.53. The number of hydrogen-bond donors (Lipinski definition) is 0. The molecule has 2 aromatic carbocycles. The summed E-state index contributed by atoms with van der Waals surface area (Å²) in [5.41, 5.74) is 1.68. The number of aromatic nitrogens is 2. The van der Waals surface area contributed by atoms with Gasteiger partial charge in [-0.05, 0) is 19.0 Å². The molecule has 0 bridgehead atoms. The molecule has 1 aliphatic heterocycles. The fourth-order valence-corrected chi connectivity index (χ4v) is 3.15. The third-order valence-electron chi connectivity index (χ3n) is 4.45. The van der Waals surface area contributed by atoms with Crippen molar-refractivity contribution in [2.45, 2.75) is 18.9 Å². The lowest BCUT2D eigenvalue weighted by Crippen LogP contribution is -2.20. The summed E-state index contributed by atoms with van der Waals surface area (Å²) in [5, 5.41) is 4.09. The lowest BCUT2D eigenvalue weighted by Gasteiger charge is -2.15. The number of benzene rings is 2. The first-order valence-electron chi connectivity index (χ1n) is 8.14. The van der Waals surface area contributed by atoms with E-state index in [4.69, 9.17) is 4.52 Å². The first kappa shape index (κ1) is 15.0. The van der Waals surface area contributed by atoms with Crippen LogP contribution in [0.5, 0.6) is 0 Å². The summed E-state index contributed by atoms with van der Waals surface area (Å²) in [4.78, 5) is 6.77. The molecule has 0 spiro atoms. The summed E-state index contributed by atoms with van der Waals surface area (Å²) in [5.74, 6) is 1.36. The average molecular weight is 323 g/mol. The van der Waals surface area contributed by atoms with Crippen LogP contribution in [0.25, 0.3) is 11.4 Å². The molecule has 24 heavy (non-hydrogen) atoms. The molecule has 122 valence electrons. The summed E-state index contributed by atoms with van der Waals surface area (Å²) >= 11 is 0. The van der Waals surface area contributed by atoms with Crippen LogP contribution in [-0.4, -0.2) is 28.1 Å². The Morgan fingerprint density at radius 3 is 2.71 bits per heavy atom. The van der Waals surface area contributed by atoms with Gasteiger partial charge in [0.25, 0.3) is 0 Å². The van der Waals surface area contributed by atoms with Crippen LogP contribution in [0, 0.1) is 5.82 Å². The van der Waals surface area contributed by atoms with E-state index in [1.807, 2.05) is 42.5 Å². The monoisotopic (exact) mass is 323 g/mol. The normalized spacial score (nSPS) is 18.1. The van der Waals surface area contributed by atoms with E-state index in [0.29, 0.717) is 18.3 Å². The second kappa shape index (κ2) is 6.53. The van der Waals surface area contributed by atoms with Crippen LogP contribution in [0.4, 0.5) is 4.39 Å². The van der Waals surface area contributed by atoms with Crippen LogP contribution < -0.4 is 0 Å². The summed E-state index contributed by atoms with van der Waals surface area (Å²) in [7, 11) is 0. The van der Waals surface area contributed by atoms with Crippen LogP contribution in [-0.2, 0) is 6.54 Å². The van der Waals surface area contributed by atoms with Gasteiger partial charge < -0.3 is 4.52 Å². The van der Waals surface area contributed by atoms with Crippen molar-refractivity contribution in [1.29, 1.82) is 0 Å². The van der Waals surface area contributed by atoms with Crippen molar-refractivity contribution in [3.63, 3.8) is 0 Å². The van der Waals surface area contributed by atoms with Gasteiger partial charge in [0.1, 0.15) is 5.82 Å². The molecule has 1 saturated heterocycles. The summed E-state index contributed by atoms with van der Waals surface area (Å²) in [6, 6.07) is 16.7. The Bertz CT molecular complexity index is 818. The summed E-state index contributed by atoms with van der Waals surface area (Å²) < 4.78 is 19.3. The van der Waals surface area contributed by atoms with E-state index in [1.165, 1.54) is 6.07 Å². The summed E-state index contributed by atoms with van der Waals surface area (Å²) in [6.07, 6.45) is 0.949. The van der Waals surface area contributed by atoms with E-state index < -0.39 is 0 Å². The van der Waals surface area contributed by atoms with Gasteiger partial charge in [-0.1, -0.05) is 53.7 Å². The quantitative estimate of drug-likeness (QED) is 0.731. The highest BCUT2D eigenvalue weighted by Gasteiger charge is 2.28. The van der Waals surface area contributed by atoms with Crippen molar-refractivity contribution >= 4 is 0 Å². The van der Waals surface area contributed by atoms with E-state index in [1.54, 1.807) is 6.07 Å². The Kier molecular flexibility index (Phi) is 4.09. The minimum absolute atomic E-state index is 0.148. The zero-order chi connectivity index (χ0) is 16.4. The average Bonchev–Trinajstić information content (AvgIpc) is 3.27. The maximum absolute atomic E-state index is 13.8. The molecule has 4 nitrogen and oxygen atoms in total. The molecule has 1 atom stereocenters. The molecule has 0 N–H and O–H groups in total. The maximum Gasteiger partial charge on any atom is 0.231 e.